The van der Waals surface area contributed by atoms with E-state index in [1.165, 1.54) is 7.11 Å². The first-order chi connectivity index (χ1) is 12.2. The number of methoxy groups -OCH3 is 1. The predicted octanol–water partition coefficient (Wildman–Crippen LogP) is 3.31. The Hall–Kier alpha value is -2.55. The molecule has 0 spiro atoms. The lowest BCUT2D eigenvalue weighted by Gasteiger charge is -2.32. The van der Waals surface area contributed by atoms with Gasteiger partial charge in [-0.05, 0) is 12.5 Å². The number of hydrogen-bond donors (Lipinski definition) is 1. The molecule has 0 radical (unpaired) electrons. The monoisotopic (exact) mass is 369 g/mol. The maximum Gasteiger partial charge on any atom is 0.449 e. The standard InChI is InChI=1S/C17H18F3N3O3/c1-16(26-2,11-6-4-3-5-7-11)13-12-10-22(15(24)25)8-9-23(12)14(21-13)17(18,19)20/h3-7H,8-10H2,1-2H3,(H,24,25). The first-order valence-electron chi connectivity index (χ1n) is 7.94. The fraction of sp³-hybridized carbons (Fsp3) is 0.412. The molecule has 1 unspecified atom stereocenters. The molecule has 1 atom stereocenters. The number of nitrogens with zero attached hydrogens (tertiary/aromatic N) is 3. The molecule has 1 amide bonds. The van der Waals surface area contributed by atoms with Crippen molar-refractivity contribution in [2.24, 2.45) is 0 Å². The van der Waals surface area contributed by atoms with Gasteiger partial charge in [0, 0.05) is 20.2 Å². The number of aromatic nitrogens is 2. The van der Waals surface area contributed by atoms with Gasteiger partial charge in [-0.3, -0.25) is 0 Å². The number of carbonyl (C=O) groups is 1. The van der Waals surface area contributed by atoms with E-state index in [0.29, 0.717) is 5.56 Å². The number of hydrogen-bond acceptors (Lipinski definition) is 3. The van der Waals surface area contributed by atoms with Crippen LogP contribution in [0.2, 0.25) is 0 Å². The van der Waals surface area contributed by atoms with Crippen LogP contribution in [0.15, 0.2) is 30.3 Å². The Morgan fingerprint density at radius 3 is 2.42 bits per heavy atom. The Labute approximate surface area is 147 Å². The van der Waals surface area contributed by atoms with E-state index in [4.69, 9.17) is 4.74 Å². The maximum atomic E-state index is 13.5. The fourth-order valence-electron chi connectivity index (χ4n) is 3.24. The van der Waals surface area contributed by atoms with Gasteiger partial charge in [-0.1, -0.05) is 30.3 Å². The zero-order valence-corrected chi connectivity index (χ0v) is 14.2. The number of rotatable bonds is 3. The highest BCUT2D eigenvalue weighted by atomic mass is 19.4. The van der Waals surface area contributed by atoms with E-state index in [-0.39, 0.29) is 31.0 Å². The molecule has 1 N–H and O–H groups in total. The van der Waals surface area contributed by atoms with Crippen molar-refractivity contribution in [3.8, 4) is 0 Å². The van der Waals surface area contributed by atoms with E-state index >= 15 is 0 Å². The van der Waals surface area contributed by atoms with E-state index in [9.17, 15) is 23.1 Å². The van der Waals surface area contributed by atoms with Gasteiger partial charge in [0.2, 0.25) is 5.82 Å². The molecule has 1 aromatic heterocycles. The Balaban J connectivity index is 2.21. The minimum Gasteiger partial charge on any atom is -0.465 e. The average Bonchev–Trinajstić information content (AvgIpc) is 3.01. The molecular weight excluding hydrogens is 351 g/mol. The number of amides is 1. The van der Waals surface area contributed by atoms with Crippen LogP contribution >= 0.6 is 0 Å². The number of imidazole rings is 1. The third-order valence-electron chi connectivity index (χ3n) is 4.72. The lowest BCUT2D eigenvalue weighted by Crippen LogP contribution is -2.39. The minimum atomic E-state index is -4.65. The molecule has 0 bridgehead atoms. The zero-order chi connectivity index (χ0) is 19.1. The predicted molar refractivity (Wildman–Crippen MR) is 85.6 cm³/mol. The topological polar surface area (TPSA) is 67.6 Å². The molecule has 1 aliphatic heterocycles. The maximum absolute atomic E-state index is 13.5. The van der Waals surface area contributed by atoms with Crippen molar-refractivity contribution in [1.82, 2.24) is 14.5 Å². The molecule has 0 aliphatic carbocycles. The molecule has 9 heteroatoms. The van der Waals surface area contributed by atoms with Crippen molar-refractivity contribution in [1.29, 1.82) is 0 Å². The van der Waals surface area contributed by atoms with Gasteiger partial charge in [-0.15, -0.1) is 0 Å². The van der Waals surface area contributed by atoms with Crippen molar-refractivity contribution in [3.05, 3.63) is 53.1 Å². The van der Waals surface area contributed by atoms with Crippen LogP contribution in [0.4, 0.5) is 18.0 Å². The third kappa shape index (κ3) is 2.92. The highest BCUT2D eigenvalue weighted by molar-refractivity contribution is 5.65. The Morgan fingerprint density at radius 1 is 1.23 bits per heavy atom. The lowest BCUT2D eigenvalue weighted by atomic mass is 9.90. The van der Waals surface area contributed by atoms with E-state index < -0.39 is 23.7 Å². The largest absolute Gasteiger partial charge is 0.465 e. The number of alkyl halides is 3. The molecule has 26 heavy (non-hydrogen) atoms. The fourth-order valence-corrected chi connectivity index (χ4v) is 3.24. The summed E-state index contributed by atoms with van der Waals surface area (Å²) in [6.07, 6.45) is -5.83. The van der Waals surface area contributed by atoms with E-state index in [1.54, 1.807) is 37.3 Å². The van der Waals surface area contributed by atoms with Gasteiger partial charge in [0.25, 0.3) is 0 Å². The summed E-state index contributed by atoms with van der Waals surface area (Å²) in [7, 11) is 1.39. The van der Waals surface area contributed by atoms with Crippen LogP contribution in [0.3, 0.4) is 0 Å². The van der Waals surface area contributed by atoms with Gasteiger partial charge >= 0.3 is 12.3 Å². The normalized spacial score (nSPS) is 16.9. The van der Waals surface area contributed by atoms with Crippen LogP contribution in [0.5, 0.6) is 0 Å². The van der Waals surface area contributed by atoms with Crippen LogP contribution in [0.25, 0.3) is 0 Å². The zero-order valence-electron chi connectivity index (χ0n) is 14.2. The number of carboxylic acid groups (broad SMARTS) is 1. The van der Waals surface area contributed by atoms with Gasteiger partial charge in [-0.25, -0.2) is 9.78 Å². The van der Waals surface area contributed by atoms with E-state index in [0.717, 1.165) is 9.47 Å². The molecule has 3 rings (SSSR count). The highest BCUT2D eigenvalue weighted by Crippen LogP contribution is 2.39. The van der Waals surface area contributed by atoms with Crippen molar-refractivity contribution < 1.29 is 27.8 Å². The number of halogens is 3. The summed E-state index contributed by atoms with van der Waals surface area (Å²) >= 11 is 0. The van der Waals surface area contributed by atoms with Gasteiger partial charge in [0.1, 0.15) is 11.3 Å². The summed E-state index contributed by atoms with van der Waals surface area (Å²) in [6.45, 7) is 1.30. The van der Waals surface area contributed by atoms with Crippen LogP contribution in [-0.4, -0.2) is 39.3 Å². The molecule has 2 aromatic rings. The second-order valence-electron chi connectivity index (χ2n) is 6.19. The molecule has 6 nitrogen and oxygen atoms in total. The van der Waals surface area contributed by atoms with Gasteiger partial charge in [0.05, 0.1) is 12.2 Å². The number of fused-ring (bicyclic) bond motifs is 1. The smallest absolute Gasteiger partial charge is 0.449 e. The summed E-state index contributed by atoms with van der Waals surface area (Å²) in [5.41, 5.74) is -0.350. The average molecular weight is 369 g/mol. The number of ether oxygens (including phenoxy) is 1. The minimum absolute atomic E-state index is 0.0315. The van der Waals surface area contributed by atoms with Crippen molar-refractivity contribution in [2.75, 3.05) is 13.7 Å². The molecule has 0 fully saturated rings. The van der Waals surface area contributed by atoms with Gasteiger partial charge < -0.3 is 19.3 Å². The van der Waals surface area contributed by atoms with Crippen molar-refractivity contribution in [3.63, 3.8) is 0 Å². The Bertz CT molecular complexity index is 820. The van der Waals surface area contributed by atoms with Crippen LogP contribution in [-0.2, 0) is 29.6 Å². The first kappa shape index (κ1) is 18.2. The Morgan fingerprint density at radius 2 is 1.88 bits per heavy atom. The van der Waals surface area contributed by atoms with Gasteiger partial charge in [-0.2, -0.15) is 13.2 Å². The number of benzene rings is 1. The first-order valence-corrected chi connectivity index (χ1v) is 7.94. The molecule has 1 aliphatic rings. The summed E-state index contributed by atoms with van der Waals surface area (Å²) < 4.78 is 47.1. The van der Waals surface area contributed by atoms with Crippen LogP contribution < -0.4 is 0 Å². The van der Waals surface area contributed by atoms with Crippen molar-refractivity contribution >= 4 is 6.09 Å². The quantitative estimate of drug-likeness (QED) is 0.901. The second-order valence-corrected chi connectivity index (χ2v) is 6.19. The summed E-state index contributed by atoms with van der Waals surface area (Å²) in [6, 6.07) is 8.77. The highest BCUT2D eigenvalue weighted by Gasteiger charge is 2.45. The molecule has 0 saturated heterocycles. The lowest BCUT2D eigenvalue weighted by molar-refractivity contribution is -0.147. The van der Waals surface area contributed by atoms with Gasteiger partial charge in [0.15, 0.2) is 0 Å². The third-order valence-corrected chi connectivity index (χ3v) is 4.72. The summed E-state index contributed by atoms with van der Waals surface area (Å²) in [4.78, 5) is 16.3. The van der Waals surface area contributed by atoms with E-state index in [1.807, 2.05) is 0 Å². The van der Waals surface area contributed by atoms with E-state index in [2.05, 4.69) is 4.98 Å². The van der Waals surface area contributed by atoms with Crippen LogP contribution in [0, 0.1) is 0 Å². The molecule has 1 aromatic carbocycles. The molecular formula is C17H18F3N3O3. The molecule has 2 heterocycles. The van der Waals surface area contributed by atoms with Crippen LogP contribution in [0.1, 0.15) is 29.7 Å². The SMILES string of the molecule is COC(C)(c1ccccc1)c1nc(C(F)(F)F)n2c1CN(C(=O)O)CC2. The second kappa shape index (κ2) is 6.31. The molecule has 0 saturated carbocycles. The summed E-state index contributed by atoms with van der Waals surface area (Å²) in [5.74, 6) is -1.04. The van der Waals surface area contributed by atoms with Crippen molar-refractivity contribution in [2.45, 2.75) is 31.8 Å². The summed E-state index contributed by atoms with van der Waals surface area (Å²) in [5, 5.41) is 9.24. The molecule has 140 valence electrons. The Kier molecular flexibility index (Phi) is 4.43.